The lowest BCUT2D eigenvalue weighted by Crippen LogP contribution is -2.33. The van der Waals surface area contributed by atoms with Crippen molar-refractivity contribution in [2.75, 3.05) is 5.32 Å². The van der Waals surface area contributed by atoms with Crippen molar-refractivity contribution in [1.82, 2.24) is 9.97 Å². The number of nitrogens with zero attached hydrogens (tertiary/aromatic N) is 2. The number of rotatable bonds is 4. The number of carbonyl (C=O) groups is 1. The fourth-order valence-corrected chi connectivity index (χ4v) is 4.37. The summed E-state index contributed by atoms with van der Waals surface area (Å²) in [6, 6.07) is 21.3. The van der Waals surface area contributed by atoms with Crippen LogP contribution >= 0.6 is 0 Å². The number of aliphatic hydroxyl groups excluding tert-OH is 1. The molecule has 0 aliphatic carbocycles. The molecule has 2 aromatic heterocycles. The second kappa shape index (κ2) is 7.29. The molecule has 0 bridgehead atoms. The van der Waals surface area contributed by atoms with Crippen LogP contribution in [0.3, 0.4) is 0 Å². The molecule has 154 valence electrons. The first-order chi connectivity index (χ1) is 15.0. The lowest BCUT2D eigenvalue weighted by atomic mass is 9.78. The number of carbonyl (C=O) groups excluding carboxylic acids is 1. The van der Waals surface area contributed by atoms with Gasteiger partial charge in [-0.2, -0.15) is 0 Å². The number of hydrogen-bond acceptors (Lipinski definition) is 4. The molecule has 2 aromatic carbocycles. The second-order valence-corrected chi connectivity index (χ2v) is 8.38. The van der Waals surface area contributed by atoms with Crippen LogP contribution < -0.4 is 5.32 Å². The second-order valence-electron chi connectivity index (χ2n) is 8.38. The summed E-state index contributed by atoms with van der Waals surface area (Å²) in [7, 11) is 0. The van der Waals surface area contributed by atoms with E-state index in [1.165, 1.54) is 0 Å². The van der Waals surface area contributed by atoms with E-state index in [0.717, 1.165) is 33.2 Å². The maximum Gasteiger partial charge on any atom is 0.236 e. The highest BCUT2D eigenvalue weighted by molar-refractivity contribution is 6.05. The van der Waals surface area contributed by atoms with Gasteiger partial charge in [0, 0.05) is 17.1 Å². The summed E-state index contributed by atoms with van der Waals surface area (Å²) in [6.07, 6.45) is 1.45. The molecule has 5 heteroatoms. The number of nitrogens with one attached hydrogen (secondary N) is 1. The first kappa shape index (κ1) is 19.4. The Morgan fingerprint density at radius 2 is 1.87 bits per heavy atom. The predicted molar refractivity (Wildman–Crippen MR) is 121 cm³/mol. The summed E-state index contributed by atoms with van der Waals surface area (Å²) in [5.41, 5.74) is 4.61. The van der Waals surface area contributed by atoms with Gasteiger partial charge in [-0.25, -0.2) is 9.97 Å². The van der Waals surface area contributed by atoms with Crippen molar-refractivity contribution in [2.45, 2.75) is 31.8 Å². The smallest absolute Gasteiger partial charge is 0.236 e. The van der Waals surface area contributed by atoms with Crippen molar-refractivity contribution in [3.05, 3.63) is 101 Å². The third-order valence-corrected chi connectivity index (χ3v) is 6.24. The normalized spacial score (nSPS) is 18.6. The van der Waals surface area contributed by atoms with E-state index in [-0.39, 0.29) is 5.91 Å². The van der Waals surface area contributed by atoms with Gasteiger partial charge < -0.3 is 10.4 Å². The van der Waals surface area contributed by atoms with E-state index in [2.05, 4.69) is 23.3 Å². The van der Waals surface area contributed by atoms with E-state index in [9.17, 15) is 9.90 Å². The number of hydrogen-bond donors (Lipinski definition) is 2. The van der Waals surface area contributed by atoms with E-state index in [0.29, 0.717) is 17.9 Å². The SMILES string of the molecule is Cc1cc2ccc(C(O)c3ccccc3)nc2cc1CC1(C)C(=O)Nc2ncccc21. The average Bonchev–Trinajstić information content (AvgIpc) is 3.04. The lowest BCUT2D eigenvalue weighted by molar-refractivity contribution is -0.120. The molecule has 1 aliphatic rings. The molecule has 4 aromatic rings. The molecule has 0 fully saturated rings. The Hall–Kier alpha value is -3.57. The van der Waals surface area contributed by atoms with Crippen LogP contribution in [0.2, 0.25) is 0 Å². The van der Waals surface area contributed by atoms with E-state index >= 15 is 0 Å². The molecule has 0 radical (unpaired) electrons. The van der Waals surface area contributed by atoms with Crippen LogP contribution in [0.5, 0.6) is 0 Å². The third kappa shape index (κ3) is 3.27. The molecule has 31 heavy (non-hydrogen) atoms. The molecule has 0 saturated carbocycles. The number of amides is 1. The maximum absolute atomic E-state index is 12.8. The zero-order chi connectivity index (χ0) is 21.6. The highest BCUT2D eigenvalue weighted by Crippen LogP contribution is 2.39. The van der Waals surface area contributed by atoms with Gasteiger partial charge in [0.1, 0.15) is 11.9 Å². The summed E-state index contributed by atoms with van der Waals surface area (Å²) in [5, 5.41) is 14.7. The number of aryl methyl sites for hydroxylation is 1. The number of fused-ring (bicyclic) bond motifs is 2. The molecular weight excluding hydrogens is 386 g/mol. The number of pyridine rings is 2. The quantitative estimate of drug-likeness (QED) is 0.521. The highest BCUT2D eigenvalue weighted by Gasteiger charge is 2.43. The molecule has 5 nitrogen and oxygen atoms in total. The minimum Gasteiger partial charge on any atom is -0.382 e. The first-order valence-corrected chi connectivity index (χ1v) is 10.4. The van der Waals surface area contributed by atoms with E-state index in [1.54, 1.807) is 6.20 Å². The van der Waals surface area contributed by atoms with Gasteiger partial charge in [0.05, 0.1) is 16.6 Å². The minimum atomic E-state index is -0.786. The number of aliphatic hydroxyl groups is 1. The average molecular weight is 409 g/mol. The summed E-state index contributed by atoms with van der Waals surface area (Å²) in [6.45, 7) is 4.02. The zero-order valence-electron chi connectivity index (χ0n) is 17.5. The first-order valence-electron chi connectivity index (χ1n) is 10.4. The summed E-state index contributed by atoms with van der Waals surface area (Å²) >= 11 is 0. The number of aromatic nitrogens is 2. The molecule has 3 heterocycles. The van der Waals surface area contributed by atoms with Crippen molar-refractivity contribution < 1.29 is 9.90 Å². The van der Waals surface area contributed by atoms with Crippen LogP contribution in [0.4, 0.5) is 5.82 Å². The Kier molecular flexibility index (Phi) is 4.56. The lowest BCUT2D eigenvalue weighted by Gasteiger charge is -2.23. The van der Waals surface area contributed by atoms with Gasteiger partial charge in [-0.1, -0.05) is 42.5 Å². The minimum absolute atomic E-state index is 0.0399. The Morgan fingerprint density at radius 1 is 1.06 bits per heavy atom. The largest absolute Gasteiger partial charge is 0.382 e. The fraction of sp³-hybridized carbons (Fsp3) is 0.192. The van der Waals surface area contributed by atoms with Crippen LogP contribution in [0, 0.1) is 6.92 Å². The van der Waals surface area contributed by atoms with Gasteiger partial charge in [0.2, 0.25) is 5.91 Å². The van der Waals surface area contributed by atoms with E-state index in [1.807, 2.05) is 67.6 Å². The van der Waals surface area contributed by atoms with Crippen molar-refractivity contribution in [3.8, 4) is 0 Å². The molecule has 2 atom stereocenters. The monoisotopic (exact) mass is 409 g/mol. The van der Waals surface area contributed by atoms with Crippen LogP contribution in [0.15, 0.2) is 72.9 Å². The van der Waals surface area contributed by atoms with E-state index in [4.69, 9.17) is 4.98 Å². The zero-order valence-corrected chi connectivity index (χ0v) is 17.5. The van der Waals surface area contributed by atoms with Crippen LogP contribution in [0.1, 0.15) is 41.0 Å². The Labute approximate surface area is 180 Å². The molecule has 0 spiro atoms. The third-order valence-electron chi connectivity index (χ3n) is 6.24. The Bertz CT molecular complexity index is 1300. The summed E-state index contributed by atoms with van der Waals surface area (Å²) in [5.74, 6) is 0.599. The van der Waals surface area contributed by atoms with Gasteiger partial charge in [0.25, 0.3) is 0 Å². The van der Waals surface area contributed by atoms with E-state index < -0.39 is 11.5 Å². The molecule has 0 saturated heterocycles. The van der Waals surface area contributed by atoms with Crippen molar-refractivity contribution in [1.29, 1.82) is 0 Å². The molecule has 2 N–H and O–H groups in total. The van der Waals surface area contributed by atoms with Gasteiger partial charge in [-0.05, 0) is 61.2 Å². The molecule has 1 amide bonds. The summed E-state index contributed by atoms with van der Waals surface area (Å²) < 4.78 is 0. The molecule has 5 rings (SSSR count). The van der Waals surface area contributed by atoms with Crippen molar-refractivity contribution in [3.63, 3.8) is 0 Å². The Morgan fingerprint density at radius 3 is 2.68 bits per heavy atom. The van der Waals surface area contributed by atoms with Crippen LogP contribution in [-0.2, 0) is 16.6 Å². The van der Waals surface area contributed by atoms with Gasteiger partial charge in [-0.3, -0.25) is 4.79 Å². The van der Waals surface area contributed by atoms with Gasteiger partial charge in [0.15, 0.2) is 0 Å². The topological polar surface area (TPSA) is 75.1 Å². The summed E-state index contributed by atoms with van der Waals surface area (Å²) in [4.78, 5) is 21.9. The van der Waals surface area contributed by atoms with Gasteiger partial charge in [-0.15, -0.1) is 0 Å². The maximum atomic E-state index is 12.8. The molecule has 1 aliphatic heterocycles. The highest BCUT2D eigenvalue weighted by atomic mass is 16.3. The van der Waals surface area contributed by atoms with Crippen LogP contribution in [0.25, 0.3) is 10.9 Å². The molecule has 2 unspecified atom stereocenters. The standard InChI is InChI=1S/C26H23N3O2/c1-16-13-18-10-11-21(23(30)17-7-4-3-5-8-17)28-22(18)14-19(16)15-26(2)20-9-6-12-27-24(20)29-25(26)31/h3-14,23,30H,15H2,1-2H3,(H,27,29,31). The number of anilines is 1. The van der Waals surface area contributed by atoms with Gasteiger partial charge >= 0.3 is 0 Å². The van der Waals surface area contributed by atoms with Crippen molar-refractivity contribution >= 4 is 22.6 Å². The van der Waals surface area contributed by atoms with Crippen LogP contribution in [-0.4, -0.2) is 21.0 Å². The fourth-order valence-electron chi connectivity index (χ4n) is 4.37. The molecular formula is C26H23N3O2. The Balaban J connectivity index is 1.54. The number of benzene rings is 2. The predicted octanol–water partition coefficient (Wildman–Crippen LogP) is 4.47. The van der Waals surface area contributed by atoms with Crippen molar-refractivity contribution in [2.24, 2.45) is 0 Å².